The lowest BCUT2D eigenvalue weighted by atomic mass is 9.98. The average Bonchev–Trinajstić information content (AvgIpc) is 3.21. The maximum absolute atomic E-state index is 13.3. The Kier molecular flexibility index (Phi) is 6.37. The summed E-state index contributed by atoms with van der Waals surface area (Å²) in [5.74, 6) is 0.747. The number of hydrazone groups is 1. The number of nitrogens with zero attached hydrogens (tertiary/aromatic N) is 4. The number of carbonyl (C=O) groups excluding carboxylic acids is 1. The summed E-state index contributed by atoms with van der Waals surface area (Å²) in [4.78, 5) is 17.8. The number of carbonyl (C=O) groups is 1. The minimum absolute atomic E-state index is 0.00521. The van der Waals surface area contributed by atoms with Crippen molar-refractivity contribution in [3.05, 3.63) is 64.7 Å². The number of hydrogen-bond acceptors (Lipinski definition) is 5. The lowest BCUT2D eigenvalue weighted by Gasteiger charge is -2.33. The highest BCUT2D eigenvalue weighted by atomic mass is 35.5. The Balaban J connectivity index is 1.63. The van der Waals surface area contributed by atoms with E-state index in [-0.39, 0.29) is 11.9 Å². The molecule has 0 N–H and O–H groups in total. The van der Waals surface area contributed by atoms with Crippen molar-refractivity contribution in [2.24, 2.45) is 5.10 Å². The van der Waals surface area contributed by atoms with E-state index in [0.717, 1.165) is 48.8 Å². The van der Waals surface area contributed by atoms with Gasteiger partial charge in [-0.1, -0.05) is 41.9 Å². The summed E-state index contributed by atoms with van der Waals surface area (Å²) in [6.07, 6.45) is 0.596. The summed E-state index contributed by atoms with van der Waals surface area (Å²) in [7, 11) is 3.76. The second kappa shape index (κ2) is 9.16. The van der Waals surface area contributed by atoms with Crippen molar-refractivity contribution in [1.29, 1.82) is 0 Å². The van der Waals surface area contributed by atoms with Crippen LogP contribution in [0.2, 0.25) is 5.02 Å². The molecule has 0 aliphatic carbocycles. The molecule has 158 valence electrons. The van der Waals surface area contributed by atoms with Crippen molar-refractivity contribution in [2.45, 2.75) is 12.5 Å². The summed E-state index contributed by atoms with van der Waals surface area (Å²) < 4.78 is 5.53. The first-order valence-electron chi connectivity index (χ1n) is 10.2. The molecule has 2 heterocycles. The van der Waals surface area contributed by atoms with Gasteiger partial charge in [0.2, 0.25) is 0 Å². The number of benzene rings is 2. The summed E-state index contributed by atoms with van der Waals surface area (Å²) in [5.41, 5.74) is 2.66. The number of methoxy groups -OCH3 is 1. The van der Waals surface area contributed by atoms with Gasteiger partial charge in [0.25, 0.3) is 5.91 Å². The standard InChI is InChI=1S/C23H27ClN4O2/c1-26-11-13-27(14-12-26)16-23(29)28-21(17-7-3-5-9-19(17)24)15-20(25-28)18-8-4-6-10-22(18)30-2/h3-10,21H,11-16H2,1-2H3/t21-/m1/s1. The van der Waals surface area contributed by atoms with Gasteiger partial charge < -0.3 is 9.64 Å². The van der Waals surface area contributed by atoms with Crippen LogP contribution in [0.5, 0.6) is 5.75 Å². The third kappa shape index (κ3) is 4.36. The van der Waals surface area contributed by atoms with E-state index in [2.05, 4.69) is 16.8 Å². The van der Waals surface area contributed by atoms with Gasteiger partial charge in [-0.15, -0.1) is 0 Å². The van der Waals surface area contributed by atoms with E-state index in [1.54, 1.807) is 12.1 Å². The summed E-state index contributed by atoms with van der Waals surface area (Å²) in [5, 5.41) is 7.05. The van der Waals surface area contributed by atoms with Crippen molar-refractivity contribution in [3.8, 4) is 5.75 Å². The van der Waals surface area contributed by atoms with Crippen LogP contribution in [0.4, 0.5) is 0 Å². The normalized spacial score (nSPS) is 20.3. The quantitative estimate of drug-likeness (QED) is 0.736. The lowest BCUT2D eigenvalue weighted by Crippen LogP contribution is -2.48. The highest BCUT2D eigenvalue weighted by molar-refractivity contribution is 6.31. The van der Waals surface area contributed by atoms with Crippen LogP contribution in [0.15, 0.2) is 53.6 Å². The number of amides is 1. The molecule has 30 heavy (non-hydrogen) atoms. The predicted octanol–water partition coefficient (Wildman–Crippen LogP) is 3.27. The lowest BCUT2D eigenvalue weighted by molar-refractivity contribution is -0.134. The zero-order valence-corrected chi connectivity index (χ0v) is 18.2. The third-order valence-electron chi connectivity index (χ3n) is 5.80. The van der Waals surface area contributed by atoms with Crippen LogP contribution in [-0.4, -0.2) is 73.3 Å². The fourth-order valence-corrected chi connectivity index (χ4v) is 4.31. The van der Waals surface area contributed by atoms with E-state index < -0.39 is 0 Å². The fraction of sp³-hybridized carbons (Fsp3) is 0.391. The Morgan fingerprint density at radius 3 is 2.53 bits per heavy atom. The zero-order valence-electron chi connectivity index (χ0n) is 17.4. The molecule has 6 nitrogen and oxygen atoms in total. The van der Waals surface area contributed by atoms with Crippen molar-refractivity contribution >= 4 is 23.2 Å². The number of ether oxygens (including phenoxy) is 1. The van der Waals surface area contributed by atoms with Crippen LogP contribution in [-0.2, 0) is 4.79 Å². The zero-order chi connectivity index (χ0) is 21.1. The van der Waals surface area contributed by atoms with Crippen LogP contribution < -0.4 is 4.74 Å². The third-order valence-corrected chi connectivity index (χ3v) is 6.15. The van der Waals surface area contributed by atoms with E-state index in [9.17, 15) is 4.79 Å². The Morgan fingerprint density at radius 1 is 1.10 bits per heavy atom. The minimum atomic E-state index is -0.224. The van der Waals surface area contributed by atoms with Crippen LogP contribution in [0.25, 0.3) is 0 Å². The highest BCUT2D eigenvalue weighted by Crippen LogP contribution is 2.37. The molecule has 4 rings (SSSR count). The van der Waals surface area contributed by atoms with Crippen molar-refractivity contribution in [1.82, 2.24) is 14.8 Å². The number of piperazine rings is 1. The summed E-state index contributed by atoms with van der Waals surface area (Å²) in [6, 6.07) is 15.3. The number of halogens is 1. The Labute approximate surface area is 182 Å². The molecule has 0 radical (unpaired) electrons. The molecule has 1 amide bonds. The predicted molar refractivity (Wildman–Crippen MR) is 119 cm³/mol. The second-order valence-corrected chi connectivity index (χ2v) is 8.21. The van der Waals surface area contributed by atoms with Crippen molar-refractivity contribution < 1.29 is 9.53 Å². The molecule has 1 fully saturated rings. The van der Waals surface area contributed by atoms with Crippen molar-refractivity contribution in [2.75, 3.05) is 46.9 Å². The molecule has 0 unspecified atom stereocenters. The molecule has 2 aromatic rings. The maximum atomic E-state index is 13.3. The van der Waals surface area contributed by atoms with E-state index in [1.165, 1.54) is 0 Å². The Hall–Kier alpha value is -2.41. The first-order chi connectivity index (χ1) is 14.6. The molecule has 2 aliphatic heterocycles. The number of hydrogen-bond donors (Lipinski definition) is 0. The van der Waals surface area contributed by atoms with E-state index >= 15 is 0 Å². The first-order valence-corrected chi connectivity index (χ1v) is 10.6. The van der Waals surface area contributed by atoms with Gasteiger partial charge in [0.1, 0.15) is 5.75 Å². The number of para-hydroxylation sites is 1. The van der Waals surface area contributed by atoms with Crippen LogP contribution in [0, 0.1) is 0 Å². The van der Waals surface area contributed by atoms with Gasteiger partial charge in [-0.25, -0.2) is 5.01 Å². The Bertz CT molecular complexity index is 940. The number of rotatable bonds is 5. The minimum Gasteiger partial charge on any atom is -0.496 e. The average molecular weight is 427 g/mol. The Morgan fingerprint density at radius 2 is 1.80 bits per heavy atom. The SMILES string of the molecule is COc1ccccc1C1=NN(C(=O)CN2CCN(C)CC2)[C@@H](c2ccccc2Cl)C1. The highest BCUT2D eigenvalue weighted by Gasteiger charge is 2.35. The second-order valence-electron chi connectivity index (χ2n) is 7.81. The van der Waals surface area contributed by atoms with Gasteiger partial charge in [0.15, 0.2) is 0 Å². The van der Waals surface area contributed by atoms with Gasteiger partial charge in [-0.3, -0.25) is 9.69 Å². The van der Waals surface area contributed by atoms with Gasteiger partial charge in [0.05, 0.1) is 25.4 Å². The van der Waals surface area contributed by atoms with Gasteiger partial charge in [-0.2, -0.15) is 5.10 Å². The van der Waals surface area contributed by atoms with E-state index in [4.69, 9.17) is 21.4 Å². The molecule has 0 spiro atoms. The van der Waals surface area contributed by atoms with Crippen LogP contribution in [0.3, 0.4) is 0 Å². The smallest absolute Gasteiger partial charge is 0.257 e. The fourth-order valence-electron chi connectivity index (χ4n) is 4.04. The summed E-state index contributed by atoms with van der Waals surface area (Å²) in [6.45, 7) is 4.07. The summed E-state index contributed by atoms with van der Waals surface area (Å²) >= 11 is 6.50. The van der Waals surface area contributed by atoms with Gasteiger partial charge >= 0.3 is 0 Å². The molecule has 1 saturated heterocycles. The topological polar surface area (TPSA) is 48.4 Å². The van der Waals surface area contributed by atoms with Crippen LogP contribution in [0.1, 0.15) is 23.6 Å². The molecule has 0 aromatic heterocycles. The largest absolute Gasteiger partial charge is 0.496 e. The molecule has 0 saturated carbocycles. The molecular weight excluding hydrogens is 400 g/mol. The molecule has 0 bridgehead atoms. The molecule has 1 atom stereocenters. The monoisotopic (exact) mass is 426 g/mol. The van der Waals surface area contributed by atoms with Gasteiger partial charge in [0, 0.05) is 43.2 Å². The van der Waals surface area contributed by atoms with Crippen molar-refractivity contribution in [3.63, 3.8) is 0 Å². The maximum Gasteiger partial charge on any atom is 0.257 e. The van der Waals surface area contributed by atoms with E-state index in [1.807, 2.05) is 48.5 Å². The molecule has 7 heteroatoms. The van der Waals surface area contributed by atoms with E-state index in [0.29, 0.717) is 18.0 Å². The first kappa shape index (κ1) is 20.8. The molecule has 2 aliphatic rings. The molecular formula is C23H27ClN4O2. The van der Waals surface area contributed by atoms with Crippen LogP contribution >= 0.6 is 11.6 Å². The molecule has 2 aromatic carbocycles. The number of likely N-dealkylation sites (N-methyl/N-ethyl adjacent to an activating group) is 1. The van der Waals surface area contributed by atoms with Gasteiger partial charge in [-0.05, 0) is 30.8 Å².